The molecule has 2 rings (SSSR count). The first-order valence-corrected chi connectivity index (χ1v) is 8.01. The van der Waals surface area contributed by atoms with Crippen molar-refractivity contribution < 1.29 is 5.11 Å². The van der Waals surface area contributed by atoms with E-state index >= 15 is 0 Å². The fraction of sp³-hybridized carbons (Fsp3) is 0.421. The van der Waals surface area contributed by atoms with Crippen molar-refractivity contribution in [3.63, 3.8) is 0 Å². The molecule has 1 aromatic heterocycles. The number of hydrogen-bond donors (Lipinski definition) is 2. The molecule has 124 valence electrons. The molecule has 0 saturated heterocycles. The number of pyridine rings is 1. The van der Waals surface area contributed by atoms with Crippen molar-refractivity contribution in [3.8, 4) is 0 Å². The Balaban J connectivity index is 2.53. The Hall–Kier alpha value is -2.07. The van der Waals surface area contributed by atoms with Crippen molar-refractivity contribution in [2.45, 2.75) is 39.7 Å². The predicted molar refractivity (Wildman–Crippen MR) is 95.3 cm³/mol. The molecular formula is C19H26N2O2. The molecule has 1 heterocycles. The van der Waals surface area contributed by atoms with Gasteiger partial charge in [0, 0.05) is 31.8 Å². The minimum absolute atomic E-state index is 0.150. The number of aliphatic hydroxyl groups is 1. The number of H-pyrrole nitrogens is 1. The Morgan fingerprint density at radius 2 is 1.96 bits per heavy atom. The van der Waals surface area contributed by atoms with Gasteiger partial charge >= 0.3 is 0 Å². The molecule has 0 aliphatic carbocycles. The van der Waals surface area contributed by atoms with Crippen molar-refractivity contribution in [2.24, 2.45) is 0 Å². The van der Waals surface area contributed by atoms with Crippen LogP contribution in [0.15, 0.2) is 29.1 Å². The van der Waals surface area contributed by atoms with E-state index in [0.29, 0.717) is 12.1 Å². The van der Waals surface area contributed by atoms with Crippen molar-refractivity contribution in [3.05, 3.63) is 62.6 Å². The third kappa shape index (κ3) is 3.64. The highest BCUT2D eigenvalue weighted by atomic mass is 16.3. The van der Waals surface area contributed by atoms with E-state index in [1.54, 1.807) is 4.90 Å². The lowest BCUT2D eigenvalue weighted by molar-refractivity contribution is 0.177. The lowest BCUT2D eigenvalue weighted by atomic mass is 9.93. The lowest BCUT2D eigenvalue weighted by Crippen LogP contribution is -2.27. The molecule has 0 amide bonds. The van der Waals surface area contributed by atoms with Crippen LogP contribution in [0.25, 0.3) is 0 Å². The van der Waals surface area contributed by atoms with Crippen LogP contribution in [0.4, 0.5) is 5.69 Å². The van der Waals surface area contributed by atoms with E-state index in [-0.39, 0.29) is 5.56 Å². The van der Waals surface area contributed by atoms with E-state index < -0.39 is 6.10 Å². The Bertz CT molecular complexity index is 748. The molecule has 0 saturated carbocycles. The molecule has 4 nitrogen and oxygen atoms in total. The van der Waals surface area contributed by atoms with Gasteiger partial charge in [0.15, 0.2) is 0 Å². The maximum atomic E-state index is 12.4. The second-order valence-electron chi connectivity index (χ2n) is 6.28. The standard InChI is InChI=1S/C19H26N2O2/c1-6-15-13(3)20-19(23)18(21(4)5)17(15)16(22)11-14-9-7-8-12(2)10-14/h7-10,16,22H,6,11H2,1-5H3,(H,20,23). The van der Waals surface area contributed by atoms with Crippen molar-refractivity contribution in [1.82, 2.24) is 4.98 Å². The first-order valence-electron chi connectivity index (χ1n) is 8.01. The van der Waals surface area contributed by atoms with Gasteiger partial charge in [-0.25, -0.2) is 0 Å². The summed E-state index contributed by atoms with van der Waals surface area (Å²) in [6.07, 6.45) is 0.562. The summed E-state index contributed by atoms with van der Waals surface area (Å²) in [6.45, 7) is 5.97. The molecule has 0 fully saturated rings. The molecule has 2 aromatic rings. The number of rotatable bonds is 5. The maximum Gasteiger partial charge on any atom is 0.272 e. The van der Waals surface area contributed by atoms with E-state index in [2.05, 4.69) is 11.1 Å². The van der Waals surface area contributed by atoms with Crippen LogP contribution in [-0.4, -0.2) is 24.2 Å². The number of nitrogens with zero attached hydrogens (tertiary/aromatic N) is 1. The van der Waals surface area contributed by atoms with Gasteiger partial charge in [-0.1, -0.05) is 36.8 Å². The number of aliphatic hydroxyl groups excluding tert-OH is 1. The van der Waals surface area contributed by atoms with Crippen LogP contribution in [0.5, 0.6) is 0 Å². The molecular weight excluding hydrogens is 288 g/mol. The number of anilines is 1. The number of aromatic amines is 1. The number of aromatic nitrogens is 1. The van der Waals surface area contributed by atoms with E-state index in [4.69, 9.17) is 0 Å². The van der Waals surface area contributed by atoms with Gasteiger partial charge in [0.1, 0.15) is 5.69 Å². The third-order valence-electron chi connectivity index (χ3n) is 4.19. The smallest absolute Gasteiger partial charge is 0.272 e. The molecule has 0 spiro atoms. The van der Waals surface area contributed by atoms with Crippen LogP contribution in [0.2, 0.25) is 0 Å². The minimum Gasteiger partial charge on any atom is -0.388 e. The van der Waals surface area contributed by atoms with Gasteiger partial charge in [0.05, 0.1) is 6.10 Å². The maximum absolute atomic E-state index is 12.4. The zero-order chi connectivity index (χ0) is 17.1. The van der Waals surface area contributed by atoms with Crippen molar-refractivity contribution >= 4 is 5.69 Å². The number of benzene rings is 1. The van der Waals surface area contributed by atoms with Crippen LogP contribution >= 0.6 is 0 Å². The minimum atomic E-state index is -0.704. The highest BCUT2D eigenvalue weighted by Gasteiger charge is 2.22. The Morgan fingerprint density at radius 1 is 1.26 bits per heavy atom. The van der Waals surface area contributed by atoms with Gasteiger partial charge in [0.2, 0.25) is 0 Å². The normalized spacial score (nSPS) is 12.3. The fourth-order valence-electron chi connectivity index (χ4n) is 3.20. The van der Waals surface area contributed by atoms with Gasteiger partial charge in [-0.3, -0.25) is 4.79 Å². The average molecular weight is 314 g/mol. The largest absolute Gasteiger partial charge is 0.388 e. The van der Waals surface area contributed by atoms with E-state index in [0.717, 1.165) is 28.8 Å². The van der Waals surface area contributed by atoms with E-state index in [9.17, 15) is 9.90 Å². The molecule has 4 heteroatoms. The zero-order valence-electron chi connectivity index (χ0n) is 14.6. The zero-order valence-corrected chi connectivity index (χ0v) is 14.6. The van der Waals surface area contributed by atoms with Crippen molar-refractivity contribution in [2.75, 3.05) is 19.0 Å². The third-order valence-corrected chi connectivity index (χ3v) is 4.19. The number of hydrogen-bond acceptors (Lipinski definition) is 3. The Kier molecular flexibility index (Phi) is 5.26. The summed E-state index contributed by atoms with van der Waals surface area (Å²) in [5.41, 5.74) is 5.24. The van der Waals surface area contributed by atoms with Gasteiger partial charge in [-0.2, -0.15) is 0 Å². The highest BCUT2D eigenvalue weighted by Crippen LogP contribution is 2.30. The van der Waals surface area contributed by atoms with Crippen LogP contribution in [0, 0.1) is 13.8 Å². The SMILES string of the molecule is CCc1c(C)[nH]c(=O)c(N(C)C)c1C(O)Cc1cccc(C)c1. The summed E-state index contributed by atoms with van der Waals surface area (Å²) in [5.74, 6) is 0. The summed E-state index contributed by atoms with van der Waals surface area (Å²) < 4.78 is 0. The molecule has 1 atom stereocenters. The van der Waals surface area contributed by atoms with Gasteiger partial charge < -0.3 is 15.0 Å². The fourth-order valence-corrected chi connectivity index (χ4v) is 3.20. The highest BCUT2D eigenvalue weighted by molar-refractivity contribution is 5.57. The van der Waals surface area contributed by atoms with Gasteiger partial charge in [0.25, 0.3) is 5.56 Å². The van der Waals surface area contributed by atoms with Gasteiger partial charge in [-0.15, -0.1) is 0 Å². The molecule has 0 aliphatic heterocycles. The van der Waals surface area contributed by atoms with E-state index in [1.807, 2.05) is 53.1 Å². The lowest BCUT2D eigenvalue weighted by Gasteiger charge is -2.24. The molecule has 0 aliphatic rings. The summed E-state index contributed by atoms with van der Waals surface area (Å²) in [7, 11) is 3.67. The topological polar surface area (TPSA) is 56.3 Å². The molecule has 23 heavy (non-hydrogen) atoms. The second kappa shape index (κ2) is 7.01. The number of nitrogens with one attached hydrogen (secondary N) is 1. The van der Waals surface area contributed by atoms with Crippen LogP contribution < -0.4 is 10.5 Å². The quantitative estimate of drug-likeness (QED) is 0.892. The second-order valence-corrected chi connectivity index (χ2v) is 6.28. The summed E-state index contributed by atoms with van der Waals surface area (Å²) in [5, 5.41) is 10.9. The Labute approximate surface area is 137 Å². The molecule has 2 N–H and O–H groups in total. The monoisotopic (exact) mass is 314 g/mol. The Morgan fingerprint density at radius 3 is 2.52 bits per heavy atom. The predicted octanol–water partition coefficient (Wildman–Crippen LogP) is 2.90. The summed E-state index contributed by atoms with van der Waals surface area (Å²) >= 11 is 0. The van der Waals surface area contributed by atoms with Crippen LogP contribution in [0.1, 0.15) is 41.0 Å². The van der Waals surface area contributed by atoms with Gasteiger partial charge in [-0.05, 0) is 31.4 Å². The van der Waals surface area contributed by atoms with E-state index in [1.165, 1.54) is 5.56 Å². The summed E-state index contributed by atoms with van der Waals surface area (Å²) in [6, 6.07) is 8.12. The molecule has 0 bridgehead atoms. The van der Waals surface area contributed by atoms with Crippen LogP contribution in [0.3, 0.4) is 0 Å². The molecule has 1 aromatic carbocycles. The van der Waals surface area contributed by atoms with Crippen molar-refractivity contribution in [1.29, 1.82) is 0 Å². The average Bonchev–Trinajstić information content (AvgIpc) is 2.45. The number of aryl methyl sites for hydroxylation is 2. The summed E-state index contributed by atoms with van der Waals surface area (Å²) in [4.78, 5) is 17.1. The first-order chi connectivity index (χ1) is 10.8. The molecule has 0 radical (unpaired) electrons. The molecule has 1 unspecified atom stereocenters. The first kappa shape index (κ1) is 17.3. The van der Waals surface area contributed by atoms with Crippen LogP contribution in [-0.2, 0) is 12.8 Å².